The Morgan fingerprint density at radius 1 is 1.14 bits per heavy atom. The van der Waals surface area contributed by atoms with E-state index in [4.69, 9.17) is 4.74 Å². The number of hydrogen-bond acceptors (Lipinski definition) is 3. The molecular weight excluding hydrogens is 371 g/mol. The lowest BCUT2D eigenvalue weighted by Crippen LogP contribution is -2.29. The number of aromatic amines is 1. The van der Waals surface area contributed by atoms with Gasteiger partial charge in [-0.1, -0.05) is 12.1 Å². The molecule has 1 aliphatic rings. The summed E-state index contributed by atoms with van der Waals surface area (Å²) in [5.74, 6) is 0.243. The molecule has 3 aromatic rings. The summed E-state index contributed by atoms with van der Waals surface area (Å²) in [6.45, 7) is 1.75. The van der Waals surface area contributed by atoms with E-state index in [1.165, 1.54) is 18.1 Å². The lowest BCUT2D eigenvalue weighted by atomic mass is 9.97. The molecule has 4 rings (SSSR count). The van der Waals surface area contributed by atoms with Crippen LogP contribution >= 0.6 is 0 Å². The standard InChI is InChI=1S/C20H16F3N3O2/c1-11-16-17(25-24-11)19(27)26(14-6-8-15(28-2)9-7-14)18(16)12-4-3-5-13(10-12)20(21,22)23/h3-10,18H,1-2H3,(H,24,25). The van der Waals surface area contributed by atoms with Crippen LogP contribution in [0.2, 0.25) is 0 Å². The average molecular weight is 387 g/mol. The number of benzene rings is 2. The molecule has 1 amide bonds. The molecule has 5 nitrogen and oxygen atoms in total. The van der Waals surface area contributed by atoms with Gasteiger partial charge in [0.15, 0.2) is 5.69 Å². The minimum Gasteiger partial charge on any atom is -0.497 e. The fraction of sp³-hybridized carbons (Fsp3) is 0.200. The van der Waals surface area contributed by atoms with E-state index < -0.39 is 17.8 Å². The molecule has 1 unspecified atom stereocenters. The van der Waals surface area contributed by atoms with E-state index in [1.807, 2.05) is 0 Å². The minimum atomic E-state index is -4.47. The molecule has 2 aromatic carbocycles. The van der Waals surface area contributed by atoms with Gasteiger partial charge in [0.1, 0.15) is 5.75 Å². The van der Waals surface area contributed by atoms with E-state index in [0.29, 0.717) is 28.3 Å². The first-order valence-corrected chi connectivity index (χ1v) is 8.51. The number of nitrogens with zero attached hydrogens (tertiary/aromatic N) is 2. The second-order valence-electron chi connectivity index (χ2n) is 6.51. The van der Waals surface area contributed by atoms with Gasteiger partial charge in [0.2, 0.25) is 0 Å². The molecule has 0 bridgehead atoms. The second kappa shape index (κ2) is 6.40. The van der Waals surface area contributed by atoms with Gasteiger partial charge in [-0.05, 0) is 48.9 Å². The summed E-state index contributed by atoms with van der Waals surface area (Å²) in [5, 5.41) is 6.84. The number of aryl methyl sites for hydroxylation is 1. The molecule has 0 fully saturated rings. The summed E-state index contributed by atoms with van der Waals surface area (Å²) in [6.07, 6.45) is -4.47. The number of alkyl halides is 3. The predicted molar refractivity (Wildman–Crippen MR) is 96.4 cm³/mol. The molecule has 0 saturated carbocycles. The van der Waals surface area contributed by atoms with Crippen LogP contribution < -0.4 is 9.64 Å². The topological polar surface area (TPSA) is 58.2 Å². The predicted octanol–water partition coefficient (Wildman–Crippen LogP) is 4.50. The van der Waals surface area contributed by atoms with Crippen LogP contribution in [0.5, 0.6) is 5.75 Å². The monoisotopic (exact) mass is 387 g/mol. The van der Waals surface area contributed by atoms with E-state index in [1.54, 1.807) is 37.3 Å². The van der Waals surface area contributed by atoms with Crippen molar-refractivity contribution in [2.75, 3.05) is 12.0 Å². The maximum Gasteiger partial charge on any atom is 0.416 e. The summed E-state index contributed by atoms with van der Waals surface area (Å²) < 4.78 is 44.9. The van der Waals surface area contributed by atoms with E-state index in [-0.39, 0.29) is 11.6 Å². The van der Waals surface area contributed by atoms with Crippen molar-refractivity contribution < 1.29 is 22.7 Å². The molecule has 0 spiro atoms. The number of aromatic nitrogens is 2. The summed E-state index contributed by atoms with van der Waals surface area (Å²) in [5.41, 5.74) is 1.59. The summed E-state index contributed by atoms with van der Waals surface area (Å²) in [6, 6.07) is 11.1. The van der Waals surface area contributed by atoms with Crippen LogP contribution in [0.4, 0.5) is 18.9 Å². The smallest absolute Gasteiger partial charge is 0.416 e. The number of halogens is 3. The molecule has 0 saturated heterocycles. The number of hydrogen-bond donors (Lipinski definition) is 1. The fourth-order valence-corrected chi connectivity index (χ4v) is 3.51. The Kier molecular flexibility index (Phi) is 4.14. The Labute approximate surface area is 158 Å². The van der Waals surface area contributed by atoms with Gasteiger partial charge in [0.05, 0.1) is 18.7 Å². The quantitative estimate of drug-likeness (QED) is 0.720. The van der Waals surface area contributed by atoms with Crippen molar-refractivity contribution in [3.63, 3.8) is 0 Å². The van der Waals surface area contributed by atoms with Crippen LogP contribution in [-0.4, -0.2) is 23.2 Å². The number of nitrogens with one attached hydrogen (secondary N) is 1. The van der Waals surface area contributed by atoms with Crippen LogP contribution in [0, 0.1) is 6.92 Å². The van der Waals surface area contributed by atoms with E-state index in [2.05, 4.69) is 10.2 Å². The summed E-state index contributed by atoms with van der Waals surface area (Å²) in [7, 11) is 1.53. The van der Waals surface area contributed by atoms with Gasteiger partial charge in [-0.3, -0.25) is 14.8 Å². The zero-order valence-corrected chi connectivity index (χ0v) is 15.0. The highest BCUT2D eigenvalue weighted by molar-refractivity contribution is 6.10. The summed E-state index contributed by atoms with van der Waals surface area (Å²) >= 11 is 0. The first-order valence-electron chi connectivity index (χ1n) is 8.51. The number of fused-ring (bicyclic) bond motifs is 1. The largest absolute Gasteiger partial charge is 0.497 e. The molecule has 28 heavy (non-hydrogen) atoms. The molecular formula is C20H16F3N3O2. The highest BCUT2D eigenvalue weighted by Gasteiger charge is 2.43. The maximum absolute atomic E-state index is 13.2. The summed E-state index contributed by atoms with van der Waals surface area (Å²) in [4.78, 5) is 14.5. The van der Waals surface area contributed by atoms with Gasteiger partial charge in [-0.15, -0.1) is 0 Å². The highest BCUT2D eigenvalue weighted by atomic mass is 19.4. The number of rotatable bonds is 3. The van der Waals surface area contributed by atoms with Crippen molar-refractivity contribution in [1.29, 1.82) is 0 Å². The minimum absolute atomic E-state index is 0.218. The van der Waals surface area contributed by atoms with Crippen molar-refractivity contribution in [2.24, 2.45) is 0 Å². The second-order valence-corrected chi connectivity index (χ2v) is 6.51. The van der Waals surface area contributed by atoms with Crippen molar-refractivity contribution in [3.8, 4) is 5.75 Å². The third-order valence-electron chi connectivity index (χ3n) is 4.83. The number of amides is 1. The molecule has 1 aromatic heterocycles. The lowest BCUT2D eigenvalue weighted by molar-refractivity contribution is -0.137. The van der Waals surface area contributed by atoms with Gasteiger partial charge >= 0.3 is 6.18 Å². The Morgan fingerprint density at radius 2 is 1.86 bits per heavy atom. The Balaban J connectivity index is 1.87. The SMILES string of the molecule is COc1ccc(N2C(=O)c3n[nH]c(C)c3C2c2cccc(C(F)(F)F)c2)cc1. The highest BCUT2D eigenvalue weighted by Crippen LogP contribution is 2.43. The fourth-order valence-electron chi connectivity index (χ4n) is 3.51. The van der Waals surface area contributed by atoms with Crippen molar-refractivity contribution in [2.45, 2.75) is 19.1 Å². The first-order chi connectivity index (χ1) is 13.3. The zero-order chi connectivity index (χ0) is 20.1. The van der Waals surface area contributed by atoms with Gasteiger partial charge < -0.3 is 4.74 Å². The van der Waals surface area contributed by atoms with Crippen LogP contribution in [0.3, 0.4) is 0 Å². The average Bonchev–Trinajstić information content (AvgIpc) is 3.20. The van der Waals surface area contributed by atoms with Crippen molar-refractivity contribution in [1.82, 2.24) is 10.2 Å². The van der Waals surface area contributed by atoms with Crippen LogP contribution in [0.25, 0.3) is 0 Å². The number of ether oxygens (including phenoxy) is 1. The van der Waals surface area contributed by atoms with Gasteiger partial charge in [0.25, 0.3) is 5.91 Å². The third-order valence-corrected chi connectivity index (χ3v) is 4.83. The first kappa shape index (κ1) is 18.1. The lowest BCUT2D eigenvalue weighted by Gasteiger charge is -2.27. The number of methoxy groups -OCH3 is 1. The molecule has 2 heterocycles. The molecule has 1 aliphatic heterocycles. The molecule has 8 heteroatoms. The molecule has 1 atom stereocenters. The van der Waals surface area contributed by atoms with E-state index in [0.717, 1.165) is 12.1 Å². The van der Waals surface area contributed by atoms with Gasteiger partial charge in [-0.25, -0.2) is 0 Å². The number of carbonyl (C=O) groups is 1. The van der Waals surface area contributed by atoms with Crippen molar-refractivity contribution >= 4 is 11.6 Å². The number of carbonyl (C=O) groups excluding carboxylic acids is 1. The van der Waals surface area contributed by atoms with Gasteiger partial charge in [-0.2, -0.15) is 18.3 Å². The third kappa shape index (κ3) is 2.81. The Hall–Kier alpha value is -3.29. The Bertz CT molecular complexity index is 1040. The molecule has 0 radical (unpaired) electrons. The van der Waals surface area contributed by atoms with E-state index in [9.17, 15) is 18.0 Å². The van der Waals surface area contributed by atoms with E-state index >= 15 is 0 Å². The van der Waals surface area contributed by atoms with Crippen LogP contribution in [0.15, 0.2) is 48.5 Å². The maximum atomic E-state index is 13.2. The molecule has 144 valence electrons. The normalized spacial score (nSPS) is 16.4. The number of H-pyrrole nitrogens is 1. The molecule has 1 N–H and O–H groups in total. The molecule has 0 aliphatic carbocycles. The van der Waals surface area contributed by atoms with Crippen LogP contribution in [0.1, 0.15) is 38.9 Å². The number of anilines is 1. The van der Waals surface area contributed by atoms with Crippen molar-refractivity contribution in [3.05, 3.63) is 76.6 Å². The van der Waals surface area contributed by atoms with Crippen LogP contribution in [-0.2, 0) is 6.18 Å². The van der Waals surface area contributed by atoms with Gasteiger partial charge in [0, 0.05) is 16.9 Å². The zero-order valence-electron chi connectivity index (χ0n) is 15.0. The Morgan fingerprint density at radius 3 is 2.50 bits per heavy atom.